The van der Waals surface area contributed by atoms with Crippen molar-refractivity contribution in [2.45, 2.75) is 13.3 Å². The fraction of sp³-hybridized carbons (Fsp3) is 0.500. The Kier molecular flexibility index (Phi) is 5.41. The molecular weight excluding hydrogens is 136 g/mol. The monoisotopic (exact) mass is 146 g/mol. The van der Waals surface area contributed by atoms with E-state index < -0.39 is 5.30 Å². The summed E-state index contributed by atoms with van der Waals surface area (Å²) >= 11 is 3.41. The molecule has 0 bridgehead atoms. The van der Waals surface area contributed by atoms with E-state index in [-0.39, 0.29) is 0 Å². The van der Waals surface area contributed by atoms with Crippen LogP contribution in [-0.2, 0) is 4.74 Å². The average Bonchev–Trinajstić information content (AvgIpc) is 1.80. The molecule has 0 spiro atoms. The van der Waals surface area contributed by atoms with Gasteiger partial charge >= 0.3 is 5.30 Å². The summed E-state index contributed by atoms with van der Waals surface area (Å²) in [5.74, 6) is 0. The number of rotatable bonds is 3. The van der Waals surface area contributed by atoms with Gasteiger partial charge in [-0.1, -0.05) is 31.7 Å². The summed E-state index contributed by atoms with van der Waals surface area (Å²) < 4.78 is 4.48. The number of hydrogen-bond donors (Lipinski definition) is 1. The van der Waals surface area contributed by atoms with Gasteiger partial charge in [0.2, 0.25) is 0 Å². The molecule has 0 aliphatic rings. The van der Waals surface area contributed by atoms with E-state index >= 15 is 0 Å². The van der Waals surface area contributed by atoms with Crippen LogP contribution in [0.3, 0.4) is 0 Å². The Morgan fingerprint density at radius 2 is 2.33 bits per heavy atom. The summed E-state index contributed by atoms with van der Waals surface area (Å²) in [5, 5.41) is -0.532. The van der Waals surface area contributed by atoms with Gasteiger partial charge in [0.05, 0.1) is 0 Å². The SMILES string of the molecule is CC/C=C/COC(=O)S. The lowest BCUT2D eigenvalue weighted by molar-refractivity contribution is 0.188. The van der Waals surface area contributed by atoms with Crippen LogP contribution in [0.4, 0.5) is 4.79 Å². The van der Waals surface area contributed by atoms with Crippen molar-refractivity contribution in [3.05, 3.63) is 12.2 Å². The van der Waals surface area contributed by atoms with Gasteiger partial charge in [0.1, 0.15) is 6.61 Å². The second-order valence-corrected chi connectivity index (χ2v) is 1.82. The zero-order chi connectivity index (χ0) is 7.11. The Bertz CT molecular complexity index is 110. The van der Waals surface area contributed by atoms with E-state index in [0.29, 0.717) is 6.61 Å². The van der Waals surface area contributed by atoms with Crippen molar-refractivity contribution in [3.63, 3.8) is 0 Å². The molecule has 0 fully saturated rings. The lowest BCUT2D eigenvalue weighted by Gasteiger charge is -1.91. The molecule has 0 atom stereocenters. The molecule has 0 aliphatic heterocycles. The molecule has 0 saturated heterocycles. The topological polar surface area (TPSA) is 26.3 Å². The quantitative estimate of drug-likeness (QED) is 0.374. The minimum absolute atomic E-state index is 0.330. The highest BCUT2D eigenvalue weighted by Crippen LogP contribution is 1.86. The van der Waals surface area contributed by atoms with Crippen LogP contribution in [0.15, 0.2) is 12.2 Å². The van der Waals surface area contributed by atoms with E-state index in [1.54, 1.807) is 6.08 Å². The summed E-state index contributed by atoms with van der Waals surface area (Å²) in [4.78, 5) is 10.0. The van der Waals surface area contributed by atoms with Crippen LogP contribution in [0.2, 0.25) is 0 Å². The molecular formula is C6H10O2S. The number of carbonyl (C=O) groups is 1. The predicted octanol–water partition coefficient (Wildman–Crippen LogP) is 2.02. The Labute approximate surface area is 60.3 Å². The molecule has 0 rings (SSSR count). The van der Waals surface area contributed by atoms with Crippen LogP contribution in [0.25, 0.3) is 0 Å². The van der Waals surface area contributed by atoms with E-state index in [2.05, 4.69) is 17.4 Å². The third kappa shape index (κ3) is 7.56. The van der Waals surface area contributed by atoms with Crippen LogP contribution in [0, 0.1) is 0 Å². The van der Waals surface area contributed by atoms with Gasteiger partial charge in [-0.2, -0.15) is 0 Å². The summed E-state index contributed by atoms with van der Waals surface area (Å²) in [5.41, 5.74) is 0. The molecule has 9 heavy (non-hydrogen) atoms. The number of carbonyl (C=O) groups excluding carboxylic acids is 1. The Hall–Kier alpha value is -0.440. The standard InChI is InChI=1S/C6H10O2S/c1-2-3-4-5-8-6(7)9/h3-4H,2,5H2,1H3,(H,7,9)/b4-3+. The molecule has 0 unspecified atom stereocenters. The van der Waals surface area contributed by atoms with Crippen LogP contribution in [0.1, 0.15) is 13.3 Å². The van der Waals surface area contributed by atoms with Crippen molar-refractivity contribution in [2.24, 2.45) is 0 Å². The lowest BCUT2D eigenvalue weighted by atomic mass is 10.4. The van der Waals surface area contributed by atoms with Crippen molar-refractivity contribution in [2.75, 3.05) is 6.61 Å². The van der Waals surface area contributed by atoms with Gasteiger partial charge < -0.3 is 4.74 Å². The average molecular weight is 146 g/mol. The second-order valence-electron chi connectivity index (χ2n) is 1.46. The van der Waals surface area contributed by atoms with Crippen LogP contribution in [0.5, 0.6) is 0 Å². The van der Waals surface area contributed by atoms with Gasteiger partial charge in [-0.15, -0.1) is 0 Å². The maximum Gasteiger partial charge on any atom is 0.364 e. The van der Waals surface area contributed by atoms with Gasteiger partial charge in [0.15, 0.2) is 0 Å². The van der Waals surface area contributed by atoms with E-state index in [4.69, 9.17) is 0 Å². The van der Waals surface area contributed by atoms with Crippen LogP contribution in [-0.4, -0.2) is 11.9 Å². The molecule has 0 amide bonds. The fourth-order valence-corrected chi connectivity index (χ4v) is 0.429. The van der Waals surface area contributed by atoms with E-state index in [1.165, 1.54) is 0 Å². The third-order valence-corrected chi connectivity index (χ3v) is 0.835. The molecule has 0 saturated carbocycles. The molecule has 2 nitrogen and oxygen atoms in total. The van der Waals surface area contributed by atoms with Crippen LogP contribution >= 0.6 is 12.6 Å². The number of thiol groups is 1. The van der Waals surface area contributed by atoms with E-state index in [0.717, 1.165) is 6.42 Å². The highest BCUT2D eigenvalue weighted by molar-refractivity contribution is 7.96. The summed E-state index contributed by atoms with van der Waals surface area (Å²) in [6.45, 7) is 2.34. The maximum absolute atomic E-state index is 10.0. The maximum atomic E-state index is 10.0. The van der Waals surface area contributed by atoms with Gasteiger partial charge in [-0.25, -0.2) is 4.79 Å². The highest BCUT2D eigenvalue weighted by Gasteiger charge is 1.86. The zero-order valence-electron chi connectivity index (χ0n) is 5.33. The molecule has 0 heterocycles. The van der Waals surface area contributed by atoms with Gasteiger partial charge in [-0.3, -0.25) is 0 Å². The Morgan fingerprint density at radius 1 is 1.67 bits per heavy atom. The summed E-state index contributed by atoms with van der Waals surface area (Å²) in [6, 6.07) is 0. The molecule has 0 aromatic rings. The molecule has 0 aromatic carbocycles. The minimum Gasteiger partial charge on any atom is -0.454 e. The van der Waals surface area contributed by atoms with Crippen molar-refractivity contribution in [3.8, 4) is 0 Å². The molecule has 0 aromatic heterocycles. The van der Waals surface area contributed by atoms with E-state index in [1.807, 2.05) is 13.0 Å². The molecule has 0 aliphatic carbocycles. The van der Waals surface area contributed by atoms with E-state index in [9.17, 15) is 4.79 Å². The second kappa shape index (κ2) is 5.69. The van der Waals surface area contributed by atoms with Gasteiger partial charge in [0.25, 0.3) is 0 Å². The molecule has 0 N–H and O–H groups in total. The predicted molar refractivity (Wildman–Crippen MR) is 39.8 cm³/mol. The van der Waals surface area contributed by atoms with Crippen LogP contribution < -0.4 is 0 Å². The van der Waals surface area contributed by atoms with Gasteiger partial charge in [0, 0.05) is 0 Å². The number of ether oxygens (including phenoxy) is 1. The number of allylic oxidation sites excluding steroid dienone is 1. The molecule has 0 radical (unpaired) electrons. The summed E-state index contributed by atoms with van der Waals surface area (Å²) in [6.07, 6.45) is 4.68. The first kappa shape index (κ1) is 8.56. The third-order valence-electron chi connectivity index (χ3n) is 0.705. The summed E-state index contributed by atoms with van der Waals surface area (Å²) in [7, 11) is 0. The lowest BCUT2D eigenvalue weighted by Crippen LogP contribution is -1.91. The fourth-order valence-electron chi connectivity index (χ4n) is 0.354. The van der Waals surface area contributed by atoms with Crippen molar-refractivity contribution in [1.82, 2.24) is 0 Å². The van der Waals surface area contributed by atoms with Crippen molar-refractivity contribution < 1.29 is 9.53 Å². The Morgan fingerprint density at radius 3 is 2.78 bits per heavy atom. The van der Waals surface area contributed by atoms with Crippen molar-refractivity contribution in [1.29, 1.82) is 0 Å². The van der Waals surface area contributed by atoms with Gasteiger partial charge in [-0.05, 0) is 6.42 Å². The highest BCUT2D eigenvalue weighted by atomic mass is 32.1. The molecule has 52 valence electrons. The first-order chi connectivity index (χ1) is 4.27. The number of hydrogen-bond acceptors (Lipinski definition) is 2. The molecule has 3 heteroatoms. The zero-order valence-corrected chi connectivity index (χ0v) is 6.23. The first-order valence-electron chi connectivity index (χ1n) is 2.78. The minimum atomic E-state index is -0.532. The Balaban J connectivity index is 3.09. The largest absolute Gasteiger partial charge is 0.454 e. The smallest absolute Gasteiger partial charge is 0.364 e. The first-order valence-corrected chi connectivity index (χ1v) is 3.22. The van der Waals surface area contributed by atoms with Crippen molar-refractivity contribution >= 4 is 17.9 Å². The normalized spacial score (nSPS) is 10.0.